The van der Waals surface area contributed by atoms with Crippen molar-refractivity contribution in [3.63, 3.8) is 0 Å². The van der Waals surface area contributed by atoms with Crippen LogP contribution >= 0.6 is 0 Å². The maximum Gasteiger partial charge on any atom is 0.126 e. The van der Waals surface area contributed by atoms with Crippen LogP contribution in [-0.2, 0) is 0 Å². The van der Waals surface area contributed by atoms with E-state index in [0.717, 1.165) is 39.0 Å². The molecule has 0 aliphatic carbocycles. The number of aryl methyl sites for hydroxylation is 1. The van der Waals surface area contributed by atoms with E-state index in [9.17, 15) is 5.26 Å². The monoisotopic (exact) mass is 329 g/mol. The first kappa shape index (κ1) is 16.6. The van der Waals surface area contributed by atoms with E-state index >= 15 is 0 Å². The van der Waals surface area contributed by atoms with Gasteiger partial charge in [-0.1, -0.05) is 42.0 Å². The van der Waals surface area contributed by atoms with Gasteiger partial charge in [0.15, 0.2) is 0 Å². The van der Waals surface area contributed by atoms with Gasteiger partial charge in [0.1, 0.15) is 11.5 Å². The van der Waals surface area contributed by atoms with Crippen molar-refractivity contribution < 1.29 is 9.47 Å². The topological polar surface area (TPSA) is 42.2 Å². The van der Waals surface area contributed by atoms with Crippen LogP contribution in [0.15, 0.2) is 54.6 Å². The molecule has 0 spiro atoms. The lowest BCUT2D eigenvalue weighted by Gasteiger charge is -2.11. The first-order valence-corrected chi connectivity index (χ1v) is 8.00. The summed E-state index contributed by atoms with van der Waals surface area (Å²) in [6.07, 6.45) is 1.88. The molecule has 0 atom stereocenters. The van der Waals surface area contributed by atoms with E-state index in [1.807, 2.05) is 67.6 Å². The van der Waals surface area contributed by atoms with Crippen LogP contribution < -0.4 is 9.47 Å². The Morgan fingerprint density at radius 1 is 0.960 bits per heavy atom. The summed E-state index contributed by atoms with van der Waals surface area (Å²) in [4.78, 5) is 0. The minimum Gasteiger partial charge on any atom is -0.497 e. The van der Waals surface area contributed by atoms with Gasteiger partial charge in [-0.25, -0.2) is 0 Å². The average Bonchev–Trinajstić information content (AvgIpc) is 2.66. The third kappa shape index (κ3) is 3.34. The number of hydrogen-bond donors (Lipinski definition) is 0. The molecule has 3 nitrogen and oxygen atoms in total. The number of ether oxygens (including phenoxy) is 2. The van der Waals surface area contributed by atoms with Crippen LogP contribution in [0.25, 0.3) is 22.4 Å². The highest BCUT2D eigenvalue weighted by Gasteiger charge is 2.10. The molecule has 0 saturated heterocycles. The number of nitriles is 1. The summed E-state index contributed by atoms with van der Waals surface area (Å²) < 4.78 is 10.9. The lowest BCUT2D eigenvalue weighted by Crippen LogP contribution is -1.91. The largest absolute Gasteiger partial charge is 0.497 e. The molecule has 3 rings (SSSR count). The molecule has 0 N–H and O–H groups in total. The number of rotatable bonds is 4. The Kier molecular flexibility index (Phi) is 4.72. The molecule has 3 heteroatoms. The van der Waals surface area contributed by atoms with Crippen LogP contribution in [0, 0.1) is 18.3 Å². The molecule has 124 valence electrons. The quantitative estimate of drug-likeness (QED) is 0.486. The van der Waals surface area contributed by atoms with Gasteiger partial charge in [0.05, 0.1) is 25.9 Å². The van der Waals surface area contributed by atoms with E-state index in [2.05, 4.69) is 6.07 Å². The fourth-order valence-corrected chi connectivity index (χ4v) is 2.81. The number of hydrogen-bond acceptors (Lipinski definition) is 3. The van der Waals surface area contributed by atoms with Crippen molar-refractivity contribution in [2.45, 2.75) is 6.92 Å². The zero-order valence-corrected chi connectivity index (χ0v) is 14.5. The molecule has 0 fully saturated rings. The van der Waals surface area contributed by atoms with Gasteiger partial charge in [-0.3, -0.25) is 0 Å². The zero-order chi connectivity index (χ0) is 17.8. The van der Waals surface area contributed by atoms with Crippen LogP contribution in [-0.4, -0.2) is 14.2 Å². The summed E-state index contributed by atoms with van der Waals surface area (Å²) in [7, 11) is 3.28. The normalized spacial score (nSPS) is 11.2. The second-order valence-electron chi connectivity index (χ2n) is 5.80. The van der Waals surface area contributed by atoms with Crippen molar-refractivity contribution in [3.05, 3.63) is 71.3 Å². The van der Waals surface area contributed by atoms with Crippen LogP contribution in [0.5, 0.6) is 11.5 Å². The fraction of sp³-hybridized carbons (Fsp3) is 0.136. The molecule has 0 aromatic heterocycles. The molecule has 25 heavy (non-hydrogen) atoms. The maximum absolute atomic E-state index is 9.66. The van der Waals surface area contributed by atoms with Crippen LogP contribution in [0.1, 0.15) is 16.7 Å². The predicted molar refractivity (Wildman–Crippen MR) is 102 cm³/mol. The molecule has 3 aromatic rings. The van der Waals surface area contributed by atoms with Gasteiger partial charge in [0.25, 0.3) is 0 Å². The van der Waals surface area contributed by atoms with E-state index < -0.39 is 0 Å². The predicted octanol–water partition coefficient (Wildman–Crippen LogP) is 5.23. The Morgan fingerprint density at radius 3 is 2.32 bits per heavy atom. The Hall–Kier alpha value is -3.25. The summed E-state index contributed by atoms with van der Waals surface area (Å²) in [5, 5.41) is 11.7. The highest BCUT2D eigenvalue weighted by atomic mass is 16.5. The van der Waals surface area contributed by atoms with Crippen LogP contribution in [0.2, 0.25) is 0 Å². The lowest BCUT2D eigenvalue weighted by molar-refractivity contribution is 0.413. The fourth-order valence-electron chi connectivity index (χ4n) is 2.81. The number of allylic oxidation sites excluding steroid dienone is 1. The maximum atomic E-state index is 9.66. The van der Waals surface area contributed by atoms with Gasteiger partial charge >= 0.3 is 0 Å². The standard InChI is InChI=1S/C22H19NO2/c1-15-4-6-16(7-5-15)18(14-23)12-21-20-13-19(24-2)10-8-17(20)9-11-22(21)25-3/h4-13H,1-3H3/b18-12+. The Morgan fingerprint density at radius 2 is 1.68 bits per heavy atom. The van der Waals surface area contributed by atoms with E-state index in [1.54, 1.807) is 14.2 Å². The molecular weight excluding hydrogens is 310 g/mol. The van der Waals surface area contributed by atoms with Crippen LogP contribution in [0.3, 0.4) is 0 Å². The van der Waals surface area contributed by atoms with Gasteiger partial charge in [0.2, 0.25) is 0 Å². The summed E-state index contributed by atoms with van der Waals surface area (Å²) in [6, 6.07) is 20.1. The van der Waals surface area contributed by atoms with Crippen molar-refractivity contribution in [3.8, 4) is 17.6 Å². The molecule has 0 unspecified atom stereocenters. The third-order valence-corrected chi connectivity index (χ3v) is 4.22. The number of nitrogens with zero attached hydrogens (tertiary/aromatic N) is 1. The van der Waals surface area contributed by atoms with Gasteiger partial charge in [0, 0.05) is 5.56 Å². The molecule has 0 bridgehead atoms. The van der Waals surface area contributed by atoms with Gasteiger partial charge in [-0.15, -0.1) is 0 Å². The first-order valence-electron chi connectivity index (χ1n) is 8.00. The molecule has 0 saturated carbocycles. The molecule has 0 radical (unpaired) electrons. The summed E-state index contributed by atoms with van der Waals surface area (Å²) in [5.74, 6) is 1.49. The number of methoxy groups -OCH3 is 2. The SMILES string of the molecule is COc1ccc2ccc(OC)c(/C=C(\C#N)c3ccc(C)cc3)c2c1. The lowest BCUT2D eigenvalue weighted by atomic mass is 9.98. The van der Waals surface area contributed by atoms with Gasteiger partial charge in [-0.05, 0) is 47.5 Å². The van der Waals surface area contributed by atoms with E-state index in [4.69, 9.17) is 9.47 Å². The second kappa shape index (κ2) is 7.11. The van der Waals surface area contributed by atoms with E-state index in [0.29, 0.717) is 5.57 Å². The molecule has 0 aliphatic heterocycles. The first-order chi connectivity index (χ1) is 12.2. The summed E-state index contributed by atoms with van der Waals surface area (Å²) >= 11 is 0. The smallest absolute Gasteiger partial charge is 0.126 e. The van der Waals surface area contributed by atoms with E-state index in [-0.39, 0.29) is 0 Å². The number of fused-ring (bicyclic) bond motifs is 1. The Bertz CT molecular complexity index is 974. The summed E-state index contributed by atoms with van der Waals surface area (Å²) in [6.45, 7) is 2.03. The zero-order valence-electron chi connectivity index (χ0n) is 14.5. The third-order valence-electron chi connectivity index (χ3n) is 4.22. The minimum atomic E-state index is 0.591. The summed E-state index contributed by atoms with van der Waals surface area (Å²) in [5.41, 5.74) is 3.51. The minimum absolute atomic E-state index is 0.591. The highest BCUT2D eigenvalue weighted by Crippen LogP contribution is 2.33. The van der Waals surface area contributed by atoms with E-state index in [1.165, 1.54) is 0 Å². The second-order valence-corrected chi connectivity index (χ2v) is 5.80. The molecular formula is C22H19NO2. The van der Waals surface area contributed by atoms with Crippen molar-refractivity contribution in [2.75, 3.05) is 14.2 Å². The number of benzene rings is 3. The van der Waals surface area contributed by atoms with Crippen LogP contribution in [0.4, 0.5) is 0 Å². The highest BCUT2D eigenvalue weighted by molar-refractivity contribution is 6.00. The molecule has 0 heterocycles. The molecule has 0 aliphatic rings. The van der Waals surface area contributed by atoms with Crippen molar-refractivity contribution in [1.29, 1.82) is 5.26 Å². The molecule has 0 amide bonds. The van der Waals surface area contributed by atoms with Crippen molar-refractivity contribution in [2.24, 2.45) is 0 Å². The van der Waals surface area contributed by atoms with Gasteiger partial charge < -0.3 is 9.47 Å². The Labute approximate surface area is 147 Å². The average molecular weight is 329 g/mol. The van der Waals surface area contributed by atoms with Gasteiger partial charge in [-0.2, -0.15) is 5.26 Å². The Balaban J connectivity index is 2.24. The van der Waals surface area contributed by atoms with Crippen molar-refractivity contribution >= 4 is 22.4 Å². The van der Waals surface area contributed by atoms with Crippen molar-refractivity contribution in [1.82, 2.24) is 0 Å². The molecule has 3 aromatic carbocycles.